The minimum absolute atomic E-state index is 0.455. The minimum Gasteiger partial charge on any atom is -0.369 e. The number of nitrogens with one attached hydrogen (secondary N) is 1. The Morgan fingerprint density at radius 3 is 2.93 bits per heavy atom. The Bertz CT molecular complexity index is 328. The van der Waals surface area contributed by atoms with E-state index in [1.807, 2.05) is 0 Å². The predicted molar refractivity (Wildman–Crippen MR) is 60.6 cm³/mol. The van der Waals surface area contributed by atoms with Gasteiger partial charge < -0.3 is 5.32 Å². The van der Waals surface area contributed by atoms with Crippen molar-refractivity contribution in [3.05, 3.63) is 16.0 Å². The van der Waals surface area contributed by atoms with E-state index in [0.29, 0.717) is 5.15 Å². The van der Waals surface area contributed by atoms with E-state index >= 15 is 0 Å². The van der Waals surface area contributed by atoms with E-state index in [1.165, 1.54) is 25.6 Å². The molecule has 1 heterocycles. The first-order valence-electron chi connectivity index (χ1n) is 4.67. The molecule has 5 heteroatoms. The molecule has 0 aromatic carbocycles. The van der Waals surface area contributed by atoms with Gasteiger partial charge >= 0.3 is 0 Å². The molecule has 1 saturated carbocycles. The standard InChI is InChI=1S/C9H11BrClN3/c10-7-8(11)13-5-14-9(7)12-4-6-2-1-3-6/h5-6H,1-4H2,(H,12,13,14). The number of hydrogen-bond acceptors (Lipinski definition) is 3. The van der Waals surface area contributed by atoms with Gasteiger partial charge in [-0.05, 0) is 34.7 Å². The first-order chi connectivity index (χ1) is 6.77. The Morgan fingerprint density at radius 1 is 1.50 bits per heavy atom. The topological polar surface area (TPSA) is 37.8 Å². The van der Waals surface area contributed by atoms with Crippen LogP contribution < -0.4 is 5.32 Å². The lowest BCUT2D eigenvalue weighted by atomic mass is 9.85. The van der Waals surface area contributed by atoms with E-state index in [4.69, 9.17) is 11.6 Å². The average Bonchev–Trinajstić information content (AvgIpc) is 2.09. The summed E-state index contributed by atoms with van der Waals surface area (Å²) in [5.41, 5.74) is 0. The van der Waals surface area contributed by atoms with Crippen molar-refractivity contribution in [3.63, 3.8) is 0 Å². The summed E-state index contributed by atoms with van der Waals surface area (Å²) in [7, 11) is 0. The predicted octanol–water partition coefficient (Wildman–Crippen LogP) is 3.10. The number of hydrogen-bond donors (Lipinski definition) is 1. The first-order valence-corrected chi connectivity index (χ1v) is 5.84. The molecule has 1 aliphatic rings. The number of aromatic nitrogens is 2. The zero-order valence-electron chi connectivity index (χ0n) is 7.63. The van der Waals surface area contributed by atoms with Crippen molar-refractivity contribution in [2.75, 3.05) is 11.9 Å². The van der Waals surface area contributed by atoms with Crippen LogP contribution in [0, 0.1) is 5.92 Å². The Hall–Kier alpha value is -0.350. The molecule has 0 atom stereocenters. The summed E-state index contributed by atoms with van der Waals surface area (Å²) in [5.74, 6) is 1.59. The van der Waals surface area contributed by atoms with Gasteiger partial charge in [-0.25, -0.2) is 9.97 Å². The van der Waals surface area contributed by atoms with Crippen LogP contribution in [0.2, 0.25) is 5.15 Å². The normalized spacial score (nSPS) is 16.4. The molecule has 0 spiro atoms. The monoisotopic (exact) mass is 275 g/mol. The molecule has 0 aliphatic heterocycles. The van der Waals surface area contributed by atoms with Gasteiger partial charge in [-0.3, -0.25) is 0 Å². The number of halogens is 2. The van der Waals surface area contributed by atoms with Crippen LogP contribution in [-0.4, -0.2) is 16.5 Å². The molecule has 1 fully saturated rings. The van der Waals surface area contributed by atoms with Crippen LogP contribution in [0.25, 0.3) is 0 Å². The molecule has 0 amide bonds. The van der Waals surface area contributed by atoms with E-state index in [2.05, 4.69) is 31.2 Å². The van der Waals surface area contributed by atoms with Crippen LogP contribution in [-0.2, 0) is 0 Å². The molecule has 2 rings (SSSR count). The second-order valence-electron chi connectivity index (χ2n) is 3.50. The Morgan fingerprint density at radius 2 is 2.29 bits per heavy atom. The van der Waals surface area contributed by atoms with E-state index in [9.17, 15) is 0 Å². The molecule has 0 radical (unpaired) electrons. The maximum Gasteiger partial charge on any atom is 0.148 e. The lowest BCUT2D eigenvalue weighted by Gasteiger charge is -2.25. The van der Waals surface area contributed by atoms with Crippen molar-refractivity contribution in [1.29, 1.82) is 0 Å². The van der Waals surface area contributed by atoms with Gasteiger partial charge in [0.15, 0.2) is 0 Å². The van der Waals surface area contributed by atoms with Crippen LogP contribution in [0.5, 0.6) is 0 Å². The zero-order valence-corrected chi connectivity index (χ0v) is 9.98. The second-order valence-corrected chi connectivity index (χ2v) is 4.66. The average molecular weight is 277 g/mol. The van der Waals surface area contributed by atoms with Gasteiger partial charge in [-0.2, -0.15) is 0 Å². The quantitative estimate of drug-likeness (QED) is 0.862. The maximum absolute atomic E-state index is 5.84. The Labute approximate surface area is 96.4 Å². The van der Waals surface area contributed by atoms with E-state index < -0.39 is 0 Å². The Balaban J connectivity index is 1.97. The van der Waals surface area contributed by atoms with Gasteiger partial charge in [-0.1, -0.05) is 18.0 Å². The van der Waals surface area contributed by atoms with Crippen molar-refractivity contribution < 1.29 is 0 Å². The second kappa shape index (κ2) is 4.45. The van der Waals surface area contributed by atoms with Crippen LogP contribution in [0.4, 0.5) is 5.82 Å². The van der Waals surface area contributed by atoms with Crippen molar-refractivity contribution in [2.45, 2.75) is 19.3 Å². The fraction of sp³-hybridized carbons (Fsp3) is 0.556. The molecule has 14 heavy (non-hydrogen) atoms. The lowest BCUT2D eigenvalue weighted by Crippen LogP contribution is -2.21. The summed E-state index contributed by atoms with van der Waals surface area (Å²) in [4.78, 5) is 7.98. The molecule has 1 N–H and O–H groups in total. The summed E-state index contributed by atoms with van der Waals surface area (Å²) in [5, 5.41) is 3.73. The fourth-order valence-corrected chi connectivity index (χ4v) is 1.89. The van der Waals surface area contributed by atoms with Crippen LogP contribution in [0.15, 0.2) is 10.8 Å². The van der Waals surface area contributed by atoms with Crippen LogP contribution >= 0.6 is 27.5 Å². The van der Waals surface area contributed by atoms with Gasteiger partial charge in [0.05, 0.1) is 4.47 Å². The van der Waals surface area contributed by atoms with Crippen LogP contribution in [0.1, 0.15) is 19.3 Å². The molecule has 1 aromatic heterocycles. The van der Waals surface area contributed by atoms with Gasteiger partial charge in [-0.15, -0.1) is 0 Å². The van der Waals surface area contributed by atoms with Crippen molar-refractivity contribution in [1.82, 2.24) is 9.97 Å². The third-order valence-electron chi connectivity index (χ3n) is 2.53. The third kappa shape index (κ3) is 2.17. The molecule has 0 unspecified atom stereocenters. The largest absolute Gasteiger partial charge is 0.369 e. The maximum atomic E-state index is 5.84. The fourth-order valence-electron chi connectivity index (χ4n) is 1.41. The SMILES string of the molecule is Clc1ncnc(NCC2CCC2)c1Br. The highest BCUT2D eigenvalue weighted by molar-refractivity contribution is 9.10. The van der Waals surface area contributed by atoms with Gasteiger partial charge in [0.1, 0.15) is 17.3 Å². The summed E-state index contributed by atoms with van der Waals surface area (Å²) in [6.07, 6.45) is 5.47. The van der Waals surface area contributed by atoms with Gasteiger partial charge in [0.2, 0.25) is 0 Å². The summed E-state index contributed by atoms with van der Waals surface area (Å²) in [6, 6.07) is 0. The minimum atomic E-state index is 0.455. The van der Waals surface area contributed by atoms with Gasteiger partial charge in [0.25, 0.3) is 0 Å². The van der Waals surface area contributed by atoms with Crippen LogP contribution in [0.3, 0.4) is 0 Å². The van der Waals surface area contributed by atoms with Crippen molar-refractivity contribution in [2.24, 2.45) is 5.92 Å². The smallest absolute Gasteiger partial charge is 0.148 e. The van der Waals surface area contributed by atoms with Crippen molar-refractivity contribution in [3.8, 4) is 0 Å². The van der Waals surface area contributed by atoms with Gasteiger partial charge in [0, 0.05) is 6.54 Å². The van der Waals surface area contributed by atoms with E-state index in [0.717, 1.165) is 22.8 Å². The highest BCUT2D eigenvalue weighted by Gasteiger charge is 2.17. The molecular weight excluding hydrogens is 265 g/mol. The molecule has 1 aromatic rings. The lowest BCUT2D eigenvalue weighted by molar-refractivity contribution is 0.333. The summed E-state index contributed by atoms with van der Waals surface area (Å²) >= 11 is 9.19. The molecule has 76 valence electrons. The number of anilines is 1. The number of rotatable bonds is 3. The molecular formula is C9H11BrClN3. The third-order valence-corrected chi connectivity index (χ3v) is 3.80. The molecule has 1 aliphatic carbocycles. The summed E-state index contributed by atoms with van der Waals surface area (Å²) < 4.78 is 0.751. The first kappa shape index (κ1) is 10.2. The molecule has 0 saturated heterocycles. The highest BCUT2D eigenvalue weighted by atomic mass is 79.9. The van der Waals surface area contributed by atoms with Crippen molar-refractivity contribution >= 4 is 33.3 Å². The number of nitrogens with zero attached hydrogens (tertiary/aromatic N) is 2. The molecule has 0 bridgehead atoms. The zero-order chi connectivity index (χ0) is 9.97. The summed E-state index contributed by atoms with van der Waals surface area (Å²) in [6.45, 7) is 0.978. The Kier molecular flexibility index (Phi) is 3.23. The highest BCUT2D eigenvalue weighted by Crippen LogP contribution is 2.29. The van der Waals surface area contributed by atoms with E-state index in [1.54, 1.807) is 0 Å². The molecule has 3 nitrogen and oxygen atoms in total. The van der Waals surface area contributed by atoms with E-state index in [-0.39, 0.29) is 0 Å².